The summed E-state index contributed by atoms with van der Waals surface area (Å²) in [6.07, 6.45) is 2.03. The first-order valence-electron chi connectivity index (χ1n) is 10.5. The van der Waals surface area contributed by atoms with Gasteiger partial charge in [-0.1, -0.05) is 12.1 Å². The highest BCUT2D eigenvalue weighted by atomic mass is 19.1. The zero-order valence-electron chi connectivity index (χ0n) is 18.3. The Hall–Kier alpha value is -3.94. The van der Waals surface area contributed by atoms with Crippen molar-refractivity contribution < 1.29 is 22.7 Å². The molecule has 0 radical (unpaired) electrons. The summed E-state index contributed by atoms with van der Waals surface area (Å²) in [5.41, 5.74) is 3.05. The van der Waals surface area contributed by atoms with Crippen molar-refractivity contribution in [3.8, 4) is 17.3 Å². The molecule has 170 valence electrons. The molecule has 1 N–H and O–H groups in total. The number of halogens is 2. The minimum atomic E-state index is -0.827. The van der Waals surface area contributed by atoms with Crippen LogP contribution >= 0.6 is 0 Å². The third-order valence-electron chi connectivity index (χ3n) is 5.13. The first-order chi connectivity index (χ1) is 15.9. The smallest absolute Gasteiger partial charge is 0.226 e. The lowest BCUT2D eigenvalue weighted by Crippen LogP contribution is -2.22. The number of rotatable bonds is 8. The standard InChI is InChI=1S/C25H23F2N3O3/c1-16-5-3-6-19(13-16)30-25(33-23-10-8-18(26)14-22(23)27)21(17(2)29-30)9-11-24(31)28-15-20-7-4-12-32-20/h3-8,10,12-14H,9,11,15H2,1-2H3,(H,28,31). The number of carbonyl (C=O) groups excluding carboxylic acids is 1. The molecule has 4 aromatic rings. The van der Waals surface area contributed by atoms with Crippen molar-refractivity contribution in [3.63, 3.8) is 0 Å². The highest BCUT2D eigenvalue weighted by Gasteiger charge is 2.21. The number of hydrogen-bond acceptors (Lipinski definition) is 4. The molecule has 1 amide bonds. The van der Waals surface area contributed by atoms with E-state index in [0.717, 1.165) is 23.4 Å². The quantitative estimate of drug-likeness (QED) is 0.389. The van der Waals surface area contributed by atoms with Crippen LogP contribution in [0, 0.1) is 25.5 Å². The number of hydrogen-bond donors (Lipinski definition) is 1. The van der Waals surface area contributed by atoms with Gasteiger partial charge < -0.3 is 14.5 Å². The number of nitrogens with one attached hydrogen (secondary N) is 1. The molecule has 0 fully saturated rings. The molecule has 2 heterocycles. The second-order valence-electron chi connectivity index (χ2n) is 7.65. The van der Waals surface area contributed by atoms with E-state index in [-0.39, 0.29) is 30.5 Å². The van der Waals surface area contributed by atoms with E-state index in [1.165, 1.54) is 6.07 Å². The molecule has 0 aliphatic heterocycles. The monoisotopic (exact) mass is 451 g/mol. The molecule has 8 heteroatoms. The minimum Gasteiger partial charge on any atom is -0.467 e. The summed E-state index contributed by atoms with van der Waals surface area (Å²) in [4.78, 5) is 12.4. The Labute approximate surface area is 189 Å². The minimum absolute atomic E-state index is 0.131. The Morgan fingerprint density at radius 1 is 1.12 bits per heavy atom. The number of furan rings is 1. The van der Waals surface area contributed by atoms with Crippen LogP contribution in [0.15, 0.2) is 65.3 Å². The van der Waals surface area contributed by atoms with Gasteiger partial charge in [-0.05, 0) is 62.2 Å². The maximum atomic E-state index is 14.4. The Kier molecular flexibility index (Phi) is 6.53. The molecule has 0 saturated carbocycles. The molecular weight excluding hydrogens is 428 g/mol. The van der Waals surface area contributed by atoms with Crippen molar-refractivity contribution in [1.82, 2.24) is 15.1 Å². The zero-order valence-corrected chi connectivity index (χ0v) is 18.3. The van der Waals surface area contributed by atoms with Gasteiger partial charge in [0.2, 0.25) is 11.8 Å². The lowest BCUT2D eigenvalue weighted by Gasteiger charge is -2.12. The molecule has 2 aromatic heterocycles. The van der Waals surface area contributed by atoms with Crippen LogP contribution in [-0.2, 0) is 17.8 Å². The summed E-state index contributed by atoms with van der Waals surface area (Å²) in [5, 5.41) is 7.38. The Morgan fingerprint density at radius 2 is 1.97 bits per heavy atom. The first kappa shape index (κ1) is 22.3. The van der Waals surface area contributed by atoms with Crippen molar-refractivity contribution in [1.29, 1.82) is 0 Å². The van der Waals surface area contributed by atoms with Gasteiger partial charge >= 0.3 is 0 Å². The molecular formula is C25H23F2N3O3. The van der Waals surface area contributed by atoms with Crippen LogP contribution in [-0.4, -0.2) is 15.7 Å². The zero-order chi connectivity index (χ0) is 23.4. The molecule has 0 unspecified atom stereocenters. The van der Waals surface area contributed by atoms with Gasteiger partial charge in [-0.15, -0.1) is 0 Å². The van der Waals surface area contributed by atoms with E-state index in [2.05, 4.69) is 10.4 Å². The molecule has 0 spiro atoms. The average molecular weight is 451 g/mol. The van der Waals surface area contributed by atoms with E-state index in [1.807, 2.05) is 31.2 Å². The number of aromatic nitrogens is 2. The van der Waals surface area contributed by atoms with Crippen LogP contribution in [0.4, 0.5) is 8.78 Å². The lowest BCUT2D eigenvalue weighted by molar-refractivity contribution is -0.121. The fraction of sp³-hybridized carbons (Fsp3) is 0.200. The number of benzene rings is 2. The summed E-state index contributed by atoms with van der Waals surface area (Å²) < 4.78 is 40.4. The summed E-state index contributed by atoms with van der Waals surface area (Å²) in [6.45, 7) is 4.04. The van der Waals surface area contributed by atoms with Crippen LogP contribution in [0.25, 0.3) is 5.69 Å². The predicted molar refractivity (Wildman–Crippen MR) is 118 cm³/mol. The summed E-state index contributed by atoms with van der Waals surface area (Å²) in [7, 11) is 0. The fourth-order valence-corrected chi connectivity index (χ4v) is 3.45. The van der Waals surface area contributed by atoms with E-state index in [0.29, 0.717) is 23.4 Å². The predicted octanol–water partition coefficient (Wildman–Crippen LogP) is 5.40. The van der Waals surface area contributed by atoms with Crippen LogP contribution in [0.1, 0.15) is 29.0 Å². The van der Waals surface area contributed by atoms with Crippen LogP contribution in [0.5, 0.6) is 11.6 Å². The Morgan fingerprint density at radius 3 is 2.70 bits per heavy atom. The number of carbonyl (C=O) groups is 1. The lowest BCUT2D eigenvalue weighted by atomic mass is 10.1. The second kappa shape index (κ2) is 9.68. The van der Waals surface area contributed by atoms with Crippen molar-refractivity contribution in [2.75, 3.05) is 0 Å². The van der Waals surface area contributed by atoms with E-state index in [4.69, 9.17) is 9.15 Å². The van der Waals surface area contributed by atoms with Crippen molar-refractivity contribution in [2.45, 2.75) is 33.2 Å². The second-order valence-corrected chi connectivity index (χ2v) is 7.65. The van der Waals surface area contributed by atoms with E-state index in [1.54, 1.807) is 30.0 Å². The molecule has 0 saturated heterocycles. The molecule has 6 nitrogen and oxygen atoms in total. The maximum absolute atomic E-state index is 14.4. The van der Waals surface area contributed by atoms with Gasteiger partial charge in [0.05, 0.1) is 24.2 Å². The fourth-order valence-electron chi connectivity index (χ4n) is 3.45. The van der Waals surface area contributed by atoms with Gasteiger partial charge in [-0.2, -0.15) is 5.10 Å². The van der Waals surface area contributed by atoms with Crippen LogP contribution in [0.2, 0.25) is 0 Å². The van der Waals surface area contributed by atoms with Gasteiger partial charge in [0.1, 0.15) is 11.6 Å². The van der Waals surface area contributed by atoms with E-state index < -0.39 is 11.6 Å². The molecule has 4 rings (SSSR count). The average Bonchev–Trinajstić information content (AvgIpc) is 3.41. The highest BCUT2D eigenvalue weighted by molar-refractivity contribution is 5.76. The molecule has 0 aliphatic rings. The molecule has 0 aliphatic carbocycles. The maximum Gasteiger partial charge on any atom is 0.226 e. The van der Waals surface area contributed by atoms with Crippen LogP contribution in [0.3, 0.4) is 0 Å². The number of ether oxygens (including phenoxy) is 1. The topological polar surface area (TPSA) is 69.3 Å². The number of amides is 1. The molecule has 33 heavy (non-hydrogen) atoms. The number of nitrogens with zero attached hydrogens (tertiary/aromatic N) is 2. The SMILES string of the molecule is Cc1cccc(-n2nc(C)c(CCC(=O)NCc3ccco3)c2Oc2ccc(F)cc2F)c1. The van der Waals surface area contributed by atoms with Gasteiger partial charge in [-0.25, -0.2) is 13.5 Å². The third kappa shape index (κ3) is 5.28. The Balaban J connectivity index is 1.61. The summed E-state index contributed by atoms with van der Waals surface area (Å²) in [5.74, 6) is -0.893. The first-order valence-corrected chi connectivity index (χ1v) is 10.5. The largest absolute Gasteiger partial charge is 0.467 e. The van der Waals surface area contributed by atoms with Gasteiger partial charge in [0.25, 0.3) is 0 Å². The summed E-state index contributed by atoms with van der Waals surface area (Å²) in [6, 6.07) is 14.2. The van der Waals surface area contributed by atoms with Crippen molar-refractivity contribution >= 4 is 5.91 Å². The van der Waals surface area contributed by atoms with Gasteiger partial charge in [-0.3, -0.25) is 4.79 Å². The van der Waals surface area contributed by atoms with Crippen molar-refractivity contribution in [2.24, 2.45) is 0 Å². The van der Waals surface area contributed by atoms with E-state index >= 15 is 0 Å². The molecule has 0 bridgehead atoms. The third-order valence-corrected chi connectivity index (χ3v) is 5.13. The molecule has 2 aromatic carbocycles. The number of aryl methyl sites for hydroxylation is 2. The van der Waals surface area contributed by atoms with Gasteiger partial charge in [0.15, 0.2) is 11.6 Å². The normalized spacial score (nSPS) is 10.9. The van der Waals surface area contributed by atoms with Crippen molar-refractivity contribution in [3.05, 3.63) is 95.1 Å². The molecule has 0 atom stereocenters. The van der Waals surface area contributed by atoms with E-state index in [9.17, 15) is 13.6 Å². The summed E-state index contributed by atoms with van der Waals surface area (Å²) >= 11 is 0. The Bertz CT molecular complexity index is 1270. The highest BCUT2D eigenvalue weighted by Crippen LogP contribution is 2.33. The van der Waals surface area contributed by atoms with Crippen LogP contribution < -0.4 is 10.1 Å². The van der Waals surface area contributed by atoms with Gasteiger partial charge in [0, 0.05) is 18.1 Å².